The van der Waals surface area contributed by atoms with Crippen LogP contribution in [0.4, 0.5) is 0 Å². The second kappa shape index (κ2) is 6.95. The van der Waals surface area contributed by atoms with Crippen LogP contribution >= 0.6 is 0 Å². The summed E-state index contributed by atoms with van der Waals surface area (Å²) < 4.78 is 20.7. The Morgan fingerprint density at radius 3 is 2.88 bits per heavy atom. The molecule has 0 spiro atoms. The first-order valence-corrected chi connectivity index (χ1v) is 7.26. The molecule has 0 aromatic heterocycles. The fourth-order valence-corrected chi connectivity index (χ4v) is 2.20. The van der Waals surface area contributed by atoms with E-state index in [9.17, 15) is 9.90 Å². The Labute approximate surface area is 138 Å². The average molecular weight is 328 g/mol. The van der Waals surface area contributed by atoms with Crippen molar-refractivity contribution in [2.75, 3.05) is 13.9 Å². The zero-order valence-corrected chi connectivity index (χ0v) is 13.0. The molecule has 0 aliphatic carbocycles. The second-order valence-corrected chi connectivity index (χ2v) is 5.06. The van der Waals surface area contributed by atoms with E-state index in [2.05, 4.69) is 0 Å². The summed E-state index contributed by atoms with van der Waals surface area (Å²) in [5.41, 5.74) is 1.52. The summed E-state index contributed by atoms with van der Waals surface area (Å²) in [5, 5.41) is 9.53. The van der Waals surface area contributed by atoms with E-state index in [0.717, 1.165) is 5.56 Å². The number of benzene rings is 2. The zero-order valence-electron chi connectivity index (χ0n) is 13.0. The number of phenolic OH excluding ortho intramolecular Hbond substituents is 1. The number of phenols is 1. The smallest absolute Gasteiger partial charge is 0.331 e. The molecule has 24 heavy (non-hydrogen) atoms. The molecule has 0 amide bonds. The summed E-state index contributed by atoms with van der Waals surface area (Å²) in [4.78, 5) is 11.8. The van der Waals surface area contributed by atoms with Crippen LogP contribution in [0.2, 0.25) is 0 Å². The largest absolute Gasteiger partial charge is 0.504 e. The summed E-state index contributed by atoms with van der Waals surface area (Å²) in [6.07, 6.45) is 2.91. The maximum atomic E-state index is 11.8. The van der Waals surface area contributed by atoms with Gasteiger partial charge in [0.15, 0.2) is 23.0 Å². The van der Waals surface area contributed by atoms with Crippen molar-refractivity contribution >= 4 is 12.0 Å². The lowest BCUT2D eigenvalue weighted by molar-refractivity contribution is -0.138. The van der Waals surface area contributed by atoms with Crippen LogP contribution in [-0.4, -0.2) is 25.0 Å². The highest BCUT2D eigenvalue weighted by atomic mass is 16.7. The van der Waals surface area contributed by atoms with Crippen LogP contribution in [0.25, 0.3) is 6.08 Å². The SMILES string of the molecule is COc1cc(/C=C/C(=O)OCc2ccc3c(c2)OCO3)ccc1O. The molecule has 0 saturated carbocycles. The van der Waals surface area contributed by atoms with Gasteiger partial charge in [0.25, 0.3) is 0 Å². The van der Waals surface area contributed by atoms with Crippen molar-refractivity contribution in [3.8, 4) is 23.0 Å². The van der Waals surface area contributed by atoms with Crippen molar-refractivity contribution < 1.29 is 28.8 Å². The van der Waals surface area contributed by atoms with Gasteiger partial charge in [-0.1, -0.05) is 12.1 Å². The Bertz CT molecular complexity index is 781. The molecular formula is C18H16O6. The molecule has 2 aromatic carbocycles. The highest BCUT2D eigenvalue weighted by Crippen LogP contribution is 2.32. The third kappa shape index (κ3) is 3.60. The average Bonchev–Trinajstić information content (AvgIpc) is 3.07. The Kier molecular flexibility index (Phi) is 4.56. The van der Waals surface area contributed by atoms with E-state index in [0.29, 0.717) is 22.8 Å². The van der Waals surface area contributed by atoms with Crippen LogP contribution in [0.5, 0.6) is 23.0 Å². The number of hydrogen-bond acceptors (Lipinski definition) is 6. The quantitative estimate of drug-likeness (QED) is 0.672. The van der Waals surface area contributed by atoms with Gasteiger partial charge in [-0.2, -0.15) is 0 Å². The molecule has 0 bridgehead atoms. The molecule has 0 radical (unpaired) electrons. The minimum Gasteiger partial charge on any atom is -0.504 e. The molecule has 1 aliphatic rings. The number of rotatable bonds is 5. The van der Waals surface area contributed by atoms with Crippen molar-refractivity contribution in [2.24, 2.45) is 0 Å². The van der Waals surface area contributed by atoms with Crippen LogP contribution in [0.15, 0.2) is 42.5 Å². The molecule has 124 valence electrons. The van der Waals surface area contributed by atoms with E-state index in [1.165, 1.54) is 19.3 Å². The lowest BCUT2D eigenvalue weighted by Gasteiger charge is -2.04. The molecule has 6 nitrogen and oxygen atoms in total. The molecule has 0 saturated heterocycles. The molecule has 0 atom stereocenters. The lowest BCUT2D eigenvalue weighted by Crippen LogP contribution is -2.00. The van der Waals surface area contributed by atoms with Gasteiger partial charge in [-0.3, -0.25) is 0 Å². The van der Waals surface area contributed by atoms with Crippen LogP contribution in [0, 0.1) is 0 Å². The van der Waals surface area contributed by atoms with Gasteiger partial charge >= 0.3 is 5.97 Å². The Morgan fingerprint density at radius 2 is 2.04 bits per heavy atom. The number of ether oxygens (including phenoxy) is 4. The molecule has 0 fully saturated rings. The van der Waals surface area contributed by atoms with Crippen LogP contribution in [0.3, 0.4) is 0 Å². The van der Waals surface area contributed by atoms with Gasteiger partial charge in [-0.15, -0.1) is 0 Å². The Balaban J connectivity index is 1.57. The first-order chi connectivity index (χ1) is 11.7. The van der Waals surface area contributed by atoms with E-state index in [1.54, 1.807) is 30.3 Å². The minimum atomic E-state index is -0.472. The van der Waals surface area contributed by atoms with Gasteiger partial charge in [-0.25, -0.2) is 4.79 Å². The monoisotopic (exact) mass is 328 g/mol. The summed E-state index contributed by atoms with van der Waals surface area (Å²) in [6, 6.07) is 10.2. The first kappa shape index (κ1) is 15.7. The number of carbonyl (C=O) groups is 1. The summed E-state index contributed by atoms with van der Waals surface area (Å²) >= 11 is 0. The third-order valence-electron chi connectivity index (χ3n) is 3.43. The fourth-order valence-electron chi connectivity index (χ4n) is 2.20. The van der Waals surface area contributed by atoms with Gasteiger partial charge in [0, 0.05) is 6.08 Å². The van der Waals surface area contributed by atoms with Crippen molar-refractivity contribution in [1.82, 2.24) is 0 Å². The lowest BCUT2D eigenvalue weighted by atomic mass is 10.2. The van der Waals surface area contributed by atoms with Crippen molar-refractivity contribution in [3.63, 3.8) is 0 Å². The Hall–Kier alpha value is -3.15. The predicted octanol–water partition coefficient (Wildman–Crippen LogP) is 2.89. The number of fused-ring (bicyclic) bond motifs is 1. The van der Waals surface area contributed by atoms with Gasteiger partial charge in [0.2, 0.25) is 6.79 Å². The van der Waals surface area contributed by atoms with E-state index in [-0.39, 0.29) is 19.1 Å². The highest BCUT2D eigenvalue weighted by molar-refractivity contribution is 5.87. The van der Waals surface area contributed by atoms with Crippen molar-refractivity contribution in [3.05, 3.63) is 53.6 Å². The number of carbonyl (C=O) groups excluding carboxylic acids is 1. The van der Waals surface area contributed by atoms with E-state index >= 15 is 0 Å². The number of hydrogen-bond donors (Lipinski definition) is 1. The Morgan fingerprint density at radius 1 is 1.21 bits per heavy atom. The highest BCUT2D eigenvalue weighted by Gasteiger charge is 2.13. The topological polar surface area (TPSA) is 74.2 Å². The summed E-state index contributed by atoms with van der Waals surface area (Å²) in [5.74, 6) is 1.24. The van der Waals surface area contributed by atoms with Crippen molar-refractivity contribution in [2.45, 2.75) is 6.61 Å². The van der Waals surface area contributed by atoms with Gasteiger partial charge in [0.1, 0.15) is 6.61 Å². The van der Waals surface area contributed by atoms with E-state index in [4.69, 9.17) is 18.9 Å². The normalized spacial score (nSPS) is 12.4. The molecule has 3 rings (SSSR count). The number of esters is 1. The van der Waals surface area contributed by atoms with Crippen LogP contribution in [0.1, 0.15) is 11.1 Å². The molecular weight excluding hydrogens is 312 g/mol. The molecule has 1 heterocycles. The zero-order chi connectivity index (χ0) is 16.9. The first-order valence-electron chi connectivity index (χ1n) is 7.26. The van der Waals surface area contributed by atoms with Crippen LogP contribution < -0.4 is 14.2 Å². The minimum absolute atomic E-state index is 0.0417. The molecule has 1 aliphatic heterocycles. The van der Waals surface area contributed by atoms with Crippen molar-refractivity contribution in [1.29, 1.82) is 0 Å². The molecule has 6 heteroatoms. The summed E-state index contributed by atoms with van der Waals surface area (Å²) in [7, 11) is 1.46. The maximum absolute atomic E-state index is 11.8. The fraction of sp³-hybridized carbons (Fsp3) is 0.167. The predicted molar refractivity (Wildman–Crippen MR) is 86.1 cm³/mol. The van der Waals surface area contributed by atoms with Crippen LogP contribution in [-0.2, 0) is 16.1 Å². The summed E-state index contributed by atoms with van der Waals surface area (Å²) in [6.45, 7) is 0.343. The standard InChI is InChI=1S/C18H16O6/c1-21-16-8-12(2-5-14(16)19)4-7-18(20)22-10-13-3-6-15-17(9-13)24-11-23-15/h2-9,19H,10-11H2,1H3/b7-4+. The number of aromatic hydroxyl groups is 1. The molecule has 2 aromatic rings. The van der Waals surface area contributed by atoms with Gasteiger partial charge in [-0.05, 0) is 41.5 Å². The van der Waals surface area contributed by atoms with Gasteiger partial charge in [0.05, 0.1) is 7.11 Å². The van der Waals surface area contributed by atoms with E-state index in [1.807, 2.05) is 6.07 Å². The molecule has 1 N–H and O–H groups in total. The third-order valence-corrected chi connectivity index (χ3v) is 3.43. The van der Waals surface area contributed by atoms with Gasteiger partial charge < -0.3 is 24.1 Å². The molecule has 0 unspecified atom stereocenters. The number of methoxy groups -OCH3 is 1. The second-order valence-electron chi connectivity index (χ2n) is 5.06. The maximum Gasteiger partial charge on any atom is 0.331 e. The van der Waals surface area contributed by atoms with E-state index < -0.39 is 5.97 Å².